The van der Waals surface area contributed by atoms with Gasteiger partial charge in [0.1, 0.15) is 33.6 Å². The van der Waals surface area contributed by atoms with Crippen LogP contribution in [0.5, 0.6) is 0 Å². The van der Waals surface area contributed by atoms with E-state index in [4.69, 9.17) is 28.4 Å². The van der Waals surface area contributed by atoms with Crippen LogP contribution in [0.15, 0.2) is 0 Å². The van der Waals surface area contributed by atoms with Gasteiger partial charge in [0.25, 0.3) is 0 Å². The molecule has 12 heteroatoms. The minimum atomic E-state index is -0.372. The number of carbonyl (C=O) groups excluding carboxylic acids is 6. The lowest BCUT2D eigenvalue weighted by Gasteiger charge is -2.47. The Bertz CT molecular complexity index is 2660. The molecule has 119 heavy (non-hydrogen) atoms. The van der Waals surface area contributed by atoms with Gasteiger partial charge in [-0.25, -0.2) is 0 Å². The van der Waals surface area contributed by atoms with Crippen LogP contribution in [0.3, 0.4) is 0 Å². The molecule has 12 nitrogen and oxygen atoms in total. The second-order valence-corrected chi connectivity index (χ2v) is 40.6. The number of hydrogen-bond acceptors (Lipinski definition) is 12. The van der Waals surface area contributed by atoms with Gasteiger partial charge in [-0.1, -0.05) is 227 Å². The monoisotopic (exact) mass is 1710 g/mol. The fourth-order valence-electron chi connectivity index (χ4n) is 17.8. The van der Waals surface area contributed by atoms with Crippen molar-refractivity contribution in [3.05, 3.63) is 0 Å². The number of ether oxygens (including phenoxy) is 6. The number of fused-ring (bicyclic) bond motifs is 10. The first-order valence-corrected chi connectivity index (χ1v) is 44.4. The SMILES string of the molecule is C.C.C.C.C.C.C.C.C.C.C.C.CC.CC.CC.CC.CCC(C)(C)C(=O)OC(C)(C)C.CCC(C)(C)C(=O)OC(C)(C)C(C)C.CCC(C)(C)C(=O)OC1(C)CC2CC1C1C3CCC(C3)C21.CCC(C)(C)C(=O)OC1(C)CCC23CC1C(C)(C)C2CCC3C.CCC(C)(C)C(=O)OC1(C)CCCC1.CCC(C)(C)C(=O)OC1(C)CCCCC1. The average Bonchev–Trinajstić information content (AvgIpc) is 1.53. The standard InChI is InChI=1S/C21H36O2.C19H30O2.C13H24O2.C12H22O2.C12H24O2.C10H20O2.4C2H6.12CH4/c1-8-18(3,4)17(22)23-20(7)11-12-21-13-16(20)19(5,6)15(21)10-9-14(21)2;1-5-18(2,3)17(20)21-19(4)10-13-9-14(19)16-12-7-6-11(8-12)15(13)16;1-5-12(2,3)11(14)15-13(4)9-7-6-8-10-13;1-5-11(2,3)10(13)14-12(4)8-6-7-9-12;1-8-11(4,5)10(13)14-12(6,7)9(2)3;1-7-10(5,6)8(11)12-9(2,3)4;4*1-2;;;;;;;;;;;;/h14-16H,8-13H2,1-7H3;11-16H,5-10H2,1-4H3;5-10H2,1-4H3;5-9H2,1-4H3;9H,8H2,1-7H3;7H2,1-6H3;4*1-2H3;12*1H4. The summed E-state index contributed by atoms with van der Waals surface area (Å²) in [6.07, 6.45) is 28.3. The van der Waals surface area contributed by atoms with Crippen LogP contribution < -0.4 is 0 Å². The van der Waals surface area contributed by atoms with Gasteiger partial charge in [-0.2, -0.15) is 0 Å². The van der Waals surface area contributed by atoms with Crippen LogP contribution in [0.2, 0.25) is 0 Å². The van der Waals surface area contributed by atoms with Crippen LogP contribution in [-0.2, 0) is 57.2 Å². The predicted octanol–water partition coefficient (Wildman–Crippen LogP) is 34.9. The first-order valence-electron chi connectivity index (χ1n) is 44.4. The largest absolute Gasteiger partial charge is 0.460 e. The topological polar surface area (TPSA) is 158 Å². The number of esters is 6. The summed E-state index contributed by atoms with van der Waals surface area (Å²) in [4.78, 5) is 72.4. The van der Waals surface area contributed by atoms with Crippen molar-refractivity contribution in [2.24, 2.45) is 102 Å². The minimum Gasteiger partial charge on any atom is -0.460 e. The number of hydrogen-bond donors (Lipinski definition) is 0. The molecule has 12 unspecified atom stereocenters. The van der Waals surface area contributed by atoms with Crippen LogP contribution in [0.1, 0.15) is 527 Å². The Kier molecular flexibility index (Phi) is 70.7. The fraction of sp³-hybridized carbons (Fsp3) is 0.944. The van der Waals surface area contributed by atoms with Crippen molar-refractivity contribution >= 4 is 35.8 Å². The third-order valence-electron chi connectivity index (χ3n) is 28.5. The van der Waals surface area contributed by atoms with Gasteiger partial charge < -0.3 is 28.4 Å². The van der Waals surface area contributed by atoms with Gasteiger partial charge >= 0.3 is 35.8 Å². The van der Waals surface area contributed by atoms with E-state index in [2.05, 4.69) is 76.2 Å². The van der Waals surface area contributed by atoms with E-state index in [1.807, 2.05) is 201 Å². The highest BCUT2D eigenvalue weighted by Crippen LogP contribution is 2.74. The molecule has 728 valence electrons. The minimum absolute atomic E-state index is 0. The highest BCUT2D eigenvalue weighted by atomic mass is 16.6. The Morgan fingerprint density at radius 1 is 0.336 bits per heavy atom. The lowest BCUT2D eigenvalue weighted by molar-refractivity contribution is -0.184. The van der Waals surface area contributed by atoms with Gasteiger partial charge in [-0.15, -0.1) is 0 Å². The van der Waals surface area contributed by atoms with Crippen LogP contribution in [0, 0.1) is 102 Å². The van der Waals surface area contributed by atoms with Crippen LogP contribution in [0.25, 0.3) is 0 Å². The second-order valence-electron chi connectivity index (χ2n) is 40.6. The maximum atomic E-state index is 12.7. The van der Waals surface area contributed by atoms with Gasteiger partial charge in [0, 0.05) is 11.8 Å². The first kappa shape index (κ1) is 144. The highest BCUT2D eigenvalue weighted by molar-refractivity contribution is 5.78. The molecule has 0 radical (unpaired) electrons. The lowest BCUT2D eigenvalue weighted by Crippen LogP contribution is -2.49. The summed E-state index contributed by atoms with van der Waals surface area (Å²) >= 11 is 0. The summed E-state index contributed by atoms with van der Waals surface area (Å²) < 4.78 is 34.5. The van der Waals surface area contributed by atoms with E-state index >= 15 is 0 Å². The molecular formula is C107H228O12. The van der Waals surface area contributed by atoms with E-state index in [1.165, 1.54) is 83.5 Å². The Balaban J connectivity index is -0.000000101. The van der Waals surface area contributed by atoms with Gasteiger partial charge in [0.05, 0.1) is 32.5 Å². The zero-order valence-corrected chi connectivity index (χ0v) is 78.4. The van der Waals surface area contributed by atoms with Gasteiger partial charge in [0.15, 0.2) is 0 Å². The maximum Gasteiger partial charge on any atom is 0.312 e. The second kappa shape index (κ2) is 58.2. The molecule has 6 bridgehead atoms. The van der Waals surface area contributed by atoms with Gasteiger partial charge in [-0.05, 0) is 358 Å². The molecule has 0 amide bonds. The molecule has 0 heterocycles. The van der Waals surface area contributed by atoms with Crippen molar-refractivity contribution in [3.8, 4) is 0 Å². The van der Waals surface area contributed by atoms with Crippen molar-refractivity contribution < 1.29 is 57.2 Å². The normalized spacial score (nSPS) is 25.7. The lowest BCUT2D eigenvalue weighted by atomic mass is 9.64. The van der Waals surface area contributed by atoms with E-state index in [0.29, 0.717) is 23.2 Å². The third kappa shape index (κ3) is 37.7. The van der Waals surface area contributed by atoms with E-state index < -0.39 is 0 Å². The van der Waals surface area contributed by atoms with E-state index in [1.54, 1.807) is 0 Å². The highest BCUT2D eigenvalue weighted by Gasteiger charge is 2.70. The van der Waals surface area contributed by atoms with Crippen molar-refractivity contribution in [2.75, 3.05) is 0 Å². The molecule has 9 aliphatic carbocycles. The van der Waals surface area contributed by atoms with Crippen LogP contribution >= 0.6 is 0 Å². The van der Waals surface area contributed by atoms with Gasteiger partial charge in [-0.3, -0.25) is 28.8 Å². The summed E-state index contributed by atoms with van der Waals surface area (Å²) in [6, 6.07) is 0. The van der Waals surface area contributed by atoms with Crippen molar-refractivity contribution in [1.82, 2.24) is 0 Å². The van der Waals surface area contributed by atoms with Crippen molar-refractivity contribution in [2.45, 2.75) is 560 Å². The molecule has 0 aliphatic heterocycles. The molecule has 9 aliphatic rings. The number of carbonyl (C=O) groups is 6. The van der Waals surface area contributed by atoms with Crippen LogP contribution in [-0.4, -0.2) is 69.4 Å². The van der Waals surface area contributed by atoms with E-state index in [0.717, 1.165) is 118 Å². The Morgan fingerprint density at radius 2 is 0.639 bits per heavy atom. The summed E-state index contributed by atoms with van der Waals surface area (Å²) in [7, 11) is 0. The summed E-state index contributed by atoms with van der Waals surface area (Å²) in [5.41, 5.74) is -2.83. The molecule has 0 saturated heterocycles. The number of rotatable bonds is 18. The predicted molar refractivity (Wildman–Crippen MR) is 530 cm³/mol. The Labute approximate surface area is 751 Å². The average molecular weight is 1710 g/mol. The van der Waals surface area contributed by atoms with Crippen LogP contribution in [0.4, 0.5) is 0 Å². The molecule has 0 aromatic rings. The molecular weight excluding hydrogens is 1480 g/mol. The van der Waals surface area contributed by atoms with E-state index in [9.17, 15) is 28.8 Å². The zero-order valence-electron chi connectivity index (χ0n) is 78.4. The molecule has 9 saturated carbocycles. The zero-order chi connectivity index (χ0) is 84.2. The summed E-state index contributed by atoms with van der Waals surface area (Å²) in [6.45, 7) is 81.4. The molecule has 0 aromatic heterocycles. The van der Waals surface area contributed by atoms with Crippen molar-refractivity contribution in [1.29, 1.82) is 0 Å². The maximum absolute atomic E-state index is 12.7. The molecule has 9 rings (SSSR count). The molecule has 0 N–H and O–H groups in total. The van der Waals surface area contributed by atoms with Gasteiger partial charge in [0.2, 0.25) is 0 Å². The molecule has 12 atom stereocenters. The Hall–Kier alpha value is -3.18. The van der Waals surface area contributed by atoms with Crippen molar-refractivity contribution in [3.63, 3.8) is 0 Å². The Morgan fingerprint density at radius 3 is 0.966 bits per heavy atom. The fourth-order valence-corrected chi connectivity index (χ4v) is 17.8. The quantitative estimate of drug-likeness (QED) is 0.0728. The third-order valence-corrected chi connectivity index (χ3v) is 28.5. The smallest absolute Gasteiger partial charge is 0.312 e. The summed E-state index contributed by atoms with van der Waals surface area (Å²) in [5, 5.41) is 0. The molecule has 0 aromatic carbocycles. The van der Waals surface area contributed by atoms with E-state index in [-0.39, 0.29) is 196 Å². The first-order chi connectivity index (χ1) is 49.0. The molecule has 1 spiro atoms. The summed E-state index contributed by atoms with van der Waals surface area (Å²) in [5.74, 6) is 7.57. The molecule has 9 fully saturated rings.